The molecule has 0 bridgehead atoms. The quantitative estimate of drug-likeness (QED) is 0.709. The Labute approximate surface area is 109 Å². The van der Waals surface area contributed by atoms with Crippen molar-refractivity contribution in [3.05, 3.63) is 6.20 Å². The number of aromatic nitrogens is 1. The molecule has 0 aromatic carbocycles. The molecule has 1 atom stereocenters. The minimum Gasteiger partial charge on any atom is -0.480 e. The van der Waals surface area contributed by atoms with Crippen LogP contribution in [-0.2, 0) is 14.8 Å². The third-order valence-corrected chi connectivity index (χ3v) is 4.40. The van der Waals surface area contributed by atoms with Crippen molar-refractivity contribution in [2.24, 2.45) is 11.1 Å². The normalized spacial score (nSPS) is 13.6. The van der Waals surface area contributed by atoms with E-state index in [1.165, 1.54) is 0 Å². The van der Waals surface area contributed by atoms with E-state index in [-0.39, 0.29) is 15.3 Å². The van der Waals surface area contributed by atoms with E-state index in [2.05, 4.69) is 10.3 Å². The van der Waals surface area contributed by atoms with Gasteiger partial charge in [0.25, 0.3) is 0 Å². The molecule has 0 saturated heterocycles. The van der Waals surface area contributed by atoms with Crippen LogP contribution < -0.4 is 10.5 Å². The summed E-state index contributed by atoms with van der Waals surface area (Å²) in [5, 5.41) is 16.9. The minimum atomic E-state index is -3.79. The molecule has 0 amide bonds. The first-order valence-corrected chi connectivity index (χ1v) is 7.54. The second-order valence-corrected chi connectivity index (χ2v) is 7.01. The van der Waals surface area contributed by atoms with Gasteiger partial charge < -0.3 is 10.4 Å². The maximum absolute atomic E-state index is 11.0. The Morgan fingerprint density at radius 3 is 2.61 bits per heavy atom. The maximum atomic E-state index is 11.0. The van der Waals surface area contributed by atoms with E-state index in [1.807, 2.05) is 13.8 Å². The van der Waals surface area contributed by atoms with Crippen molar-refractivity contribution >= 4 is 32.5 Å². The Kier molecular flexibility index (Phi) is 4.65. The zero-order chi connectivity index (χ0) is 13.9. The number of carbonyl (C=O) groups is 1. The van der Waals surface area contributed by atoms with Crippen LogP contribution in [0.2, 0.25) is 0 Å². The lowest BCUT2D eigenvalue weighted by Gasteiger charge is -2.15. The molecule has 1 aromatic rings. The molecule has 18 heavy (non-hydrogen) atoms. The number of primary sulfonamides is 1. The molecule has 1 heterocycles. The summed E-state index contributed by atoms with van der Waals surface area (Å²) >= 11 is 0.814. The van der Waals surface area contributed by atoms with Crippen LogP contribution in [0, 0.1) is 5.92 Å². The van der Waals surface area contributed by atoms with E-state index in [4.69, 9.17) is 10.2 Å². The van der Waals surface area contributed by atoms with Gasteiger partial charge >= 0.3 is 5.97 Å². The van der Waals surface area contributed by atoms with Gasteiger partial charge in [-0.2, -0.15) is 0 Å². The Balaban J connectivity index is 2.82. The number of hydrogen-bond acceptors (Lipinski definition) is 6. The fraction of sp³-hybridized carbons (Fsp3) is 0.556. The van der Waals surface area contributed by atoms with Crippen LogP contribution in [0.15, 0.2) is 10.4 Å². The fourth-order valence-electron chi connectivity index (χ4n) is 1.30. The standard InChI is InChI=1S/C9H15N3O4S2/c1-5(2)3-6(8(13)14)12-9-11-4-7(17-9)18(10,15)16/h4-6H,3H2,1-2H3,(H,11,12)(H,13,14)(H2,10,15,16)/t6-/m0/s1. The van der Waals surface area contributed by atoms with Gasteiger partial charge in [0, 0.05) is 0 Å². The SMILES string of the molecule is CC(C)C[C@H](Nc1ncc(S(N)(=O)=O)s1)C(=O)O. The zero-order valence-electron chi connectivity index (χ0n) is 9.95. The summed E-state index contributed by atoms with van der Waals surface area (Å²) in [6.07, 6.45) is 1.52. The number of nitrogens with zero attached hydrogens (tertiary/aromatic N) is 1. The highest BCUT2D eigenvalue weighted by Crippen LogP contribution is 2.23. The Morgan fingerprint density at radius 2 is 2.22 bits per heavy atom. The van der Waals surface area contributed by atoms with Gasteiger partial charge in [-0.15, -0.1) is 0 Å². The lowest BCUT2D eigenvalue weighted by molar-refractivity contribution is -0.138. The van der Waals surface area contributed by atoms with Crippen LogP contribution in [0.25, 0.3) is 0 Å². The molecule has 4 N–H and O–H groups in total. The number of nitrogens with one attached hydrogen (secondary N) is 1. The van der Waals surface area contributed by atoms with Gasteiger partial charge in [0.2, 0.25) is 10.0 Å². The third kappa shape index (κ3) is 4.24. The van der Waals surface area contributed by atoms with Gasteiger partial charge in [-0.05, 0) is 12.3 Å². The van der Waals surface area contributed by atoms with Crippen LogP contribution >= 0.6 is 11.3 Å². The van der Waals surface area contributed by atoms with Crippen LogP contribution in [0.1, 0.15) is 20.3 Å². The van der Waals surface area contributed by atoms with Crippen LogP contribution in [0.5, 0.6) is 0 Å². The van der Waals surface area contributed by atoms with Gasteiger partial charge in [-0.25, -0.2) is 23.3 Å². The first kappa shape index (κ1) is 14.9. The summed E-state index contributed by atoms with van der Waals surface area (Å²) in [5.41, 5.74) is 0. The van der Waals surface area contributed by atoms with Crippen LogP contribution in [-0.4, -0.2) is 30.5 Å². The van der Waals surface area contributed by atoms with Crippen LogP contribution in [0.4, 0.5) is 5.13 Å². The number of thiazole rings is 1. The van der Waals surface area contributed by atoms with Gasteiger partial charge in [0.05, 0.1) is 6.20 Å². The van der Waals surface area contributed by atoms with E-state index in [0.29, 0.717) is 6.42 Å². The molecule has 0 aliphatic carbocycles. The van der Waals surface area contributed by atoms with Crippen molar-refractivity contribution < 1.29 is 18.3 Å². The molecule has 0 aliphatic rings. The summed E-state index contributed by atoms with van der Waals surface area (Å²) in [7, 11) is -3.79. The average Bonchev–Trinajstić information content (AvgIpc) is 2.63. The third-order valence-electron chi connectivity index (χ3n) is 2.07. The van der Waals surface area contributed by atoms with E-state index in [9.17, 15) is 13.2 Å². The van der Waals surface area contributed by atoms with Crippen molar-refractivity contribution in [3.8, 4) is 0 Å². The second-order valence-electron chi connectivity index (χ2n) is 4.19. The lowest BCUT2D eigenvalue weighted by Crippen LogP contribution is -2.30. The number of hydrogen-bond donors (Lipinski definition) is 3. The van der Waals surface area contributed by atoms with Gasteiger partial charge in [0.1, 0.15) is 6.04 Å². The Bertz CT molecular complexity index is 524. The average molecular weight is 293 g/mol. The number of rotatable bonds is 6. The molecular formula is C9H15N3O4S2. The number of carboxylic acid groups (broad SMARTS) is 1. The minimum absolute atomic E-state index is 0.0984. The van der Waals surface area contributed by atoms with Crippen molar-refractivity contribution in [1.29, 1.82) is 0 Å². The molecule has 1 rings (SSSR count). The van der Waals surface area contributed by atoms with E-state index < -0.39 is 22.0 Å². The highest BCUT2D eigenvalue weighted by atomic mass is 32.2. The van der Waals surface area contributed by atoms with Gasteiger partial charge in [-0.3, -0.25) is 0 Å². The predicted molar refractivity (Wildman–Crippen MR) is 68.0 cm³/mol. The van der Waals surface area contributed by atoms with E-state index in [1.54, 1.807) is 0 Å². The summed E-state index contributed by atoms with van der Waals surface area (Å²) in [6, 6.07) is -0.801. The van der Waals surface area contributed by atoms with Crippen molar-refractivity contribution in [2.45, 2.75) is 30.5 Å². The van der Waals surface area contributed by atoms with E-state index >= 15 is 0 Å². The molecule has 0 radical (unpaired) electrons. The molecule has 1 aromatic heterocycles. The van der Waals surface area contributed by atoms with Crippen molar-refractivity contribution in [3.63, 3.8) is 0 Å². The number of aliphatic carboxylic acids is 1. The smallest absolute Gasteiger partial charge is 0.326 e. The van der Waals surface area contributed by atoms with Crippen molar-refractivity contribution in [1.82, 2.24) is 4.98 Å². The number of sulfonamides is 1. The molecular weight excluding hydrogens is 278 g/mol. The topological polar surface area (TPSA) is 122 Å². The number of carboxylic acids is 1. The first-order valence-electron chi connectivity index (χ1n) is 5.18. The molecule has 0 fully saturated rings. The first-order chi connectivity index (χ1) is 8.20. The monoisotopic (exact) mass is 293 g/mol. The summed E-state index contributed by atoms with van der Waals surface area (Å²) in [6.45, 7) is 3.80. The Morgan fingerprint density at radius 1 is 1.61 bits per heavy atom. The maximum Gasteiger partial charge on any atom is 0.326 e. The summed E-state index contributed by atoms with van der Waals surface area (Å²) in [4.78, 5) is 14.8. The number of nitrogens with two attached hydrogens (primary N) is 1. The second kappa shape index (κ2) is 5.63. The molecule has 0 unspecified atom stereocenters. The fourth-order valence-corrected chi connectivity index (χ4v) is 2.80. The van der Waals surface area contributed by atoms with Gasteiger partial charge in [-0.1, -0.05) is 25.2 Å². The highest BCUT2D eigenvalue weighted by molar-refractivity contribution is 7.91. The lowest BCUT2D eigenvalue weighted by atomic mass is 10.0. The molecule has 9 heteroatoms. The summed E-state index contributed by atoms with van der Waals surface area (Å²) in [5.74, 6) is -0.813. The molecule has 0 aliphatic heterocycles. The molecule has 0 saturated carbocycles. The Hall–Kier alpha value is -1.19. The zero-order valence-corrected chi connectivity index (χ0v) is 11.6. The predicted octanol–water partition coefficient (Wildman–Crippen LogP) is 0.702. The van der Waals surface area contributed by atoms with Crippen molar-refractivity contribution in [2.75, 3.05) is 5.32 Å². The molecule has 102 valence electrons. The number of anilines is 1. The highest BCUT2D eigenvalue weighted by Gasteiger charge is 2.21. The molecule has 0 spiro atoms. The van der Waals surface area contributed by atoms with Crippen LogP contribution in [0.3, 0.4) is 0 Å². The van der Waals surface area contributed by atoms with Gasteiger partial charge in [0.15, 0.2) is 9.34 Å². The molecule has 7 nitrogen and oxygen atoms in total. The van der Waals surface area contributed by atoms with E-state index in [0.717, 1.165) is 17.5 Å². The largest absolute Gasteiger partial charge is 0.480 e. The summed E-state index contributed by atoms with van der Waals surface area (Å²) < 4.78 is 22.0.